The van der Waals surface area contributed by atoms with E-state index in [1.165, 1.54) is 30.4 Å². The van der Waals surface area contributed by atoms with E-state index in [9.17, 15) is 10.2 Å². The summed E-state index contributed by atoms with van der Waals surface area (Å²) in [6.07, 6.45) is 11.6. The molecule has 0 unspecified atom stereocenters. The van der Waals surface area contributed by atoms with E-state index in [2.05, 4.69) is 25.1 Å². The summed E-state index contributed by atoms with van der Waals surface area (Å²) >= 11 is 0. The molecule has 1 spiro atoms. The Morgan fingerprint density at radius 3 is 2.78 bits per heavy atom. The van der Waals surface area contributed by atoms with Crippen LogP contribution in [0.1, 0.15) is 56.1 Å². The molecule has 2 N–H and O–H groups in total. The fraction of sp³-hybridized carbons (Fsp3) is 0.619. The summed E-state index contributed by atoms with van der Waals surface area (Å²) in [6.45, 7) is 2.36. The van der Waals surface area contributed by atoms with Crippen molar-refractivity contribution in [1.82, 2.24) is 0 Å². The Balaban J connectivity index is 1.64. The van der Waals surface area contributed by atoms with Crippen LogP contribution < -0.4 is 0 Å². The summed E-state index contributed by atoms with van der Waals surface area (Å²) < 4.78 is 0. The van der Waals surface area contributed by atoms with Gasteiger partial charge in [0, 0.05) is 11.3 Å². The first kappa shape index (κ1) is 14.1. The van der Waals surface area contributed by atoms with Crippen LogP contribution >= 0.6 is 0 Å². The number of rotatable bonds is 0. The topological polar surface area (TPSA) is 40.5 Å². The van der Waals surface area contributed by atoms with Gasteiger partial charge in [0.15, 0.2) is 0 Å². The number of phenolic OH excluding ortho intramolecular Hbond substituents is 1. The first-order valence-electron chi connectivity index (χ1n) is 9.24. The van der Waals surface area contributed by atoms with Gasteiger partial charge in [-0.15, -0.1) is 0 Å². The maximum Gasteiger partial charge on any atom is 0.115 e. The Bertz CT molecular complexity index is 693. The zero-order valence-corrected chi connectivity index (χ0v) is 13.8. The molecule has 0 aromatic heterocycles. The van der Waals surface area contributed by atoms with Crippen LogP contribution in [0.15, 0.2) is 30.4 Å². The van der Waals surface area contributed by atoms with Crippen LogP contribution in [0.2, 0.25) is 0 Å². The summed E-state index contributed by atoms with van der Waals surface area (Å²) in [4.78, 5) is 0. The minimum atomic E-state index is -0.164. The smallest absolute Gasteiger partial charge is 0.115 e. The molecular weight excluding hydrogens is 284 g/mol. The van der Waals surface area contributed by atoms with Crippen molar-refractivity contribution < 1.29 is 10.2 Å². The van der Waals surface area contributed by atoms with Gasteiger partial charge in [-0.1, -0.05) is 25.1 Å². The molecule has 2 saturated carbocycles. The average Bonchev–Trinajstić information content (AvgIpc) is 2.57. The lowest BCUT2D eigenvalue weighted by Gasteiger charge is -2.66. The summed E-state index contributed by atoms with van der Waals surface area (Å²) in [5.74, 6) is 2.02. The van der Waals surface area contributed by atoms with Gasteiger partial charge in [0.25, 0.3) is 0 Å². The van der Waals surface area contributed by atoms with Crippen molar-refractivity contribution in [2.45, 2.75) is 57.5 Å². The molecule has 6 atom stereocenters. The van der Waals surface area contributed by atoms with E-state index in [-0.39, 0.29) is 16.9 Å². The molecular formula is C21H26O2. The van der Waals surface area contributed by atoms with Crippen LogP contribution in [0, 0.1) is 22.7 Å². The molecule has 5 aliphatic rings. The lowest BCUT2D eigenvalue weighted by molar-refractivity contribution is -0.166. The standard InChI is InChI=1S/C21H26O2/c1-20-9-8-17-16-4-3-15(22)12-14(16)2-5-18(17)21(20)10-6-13(7-11-21)19(20)23/h3-4,6,10,12-13,17-19,22-23H,2,5,7-9,11H2,1H3/t13-,17-,18-,19-,20-,21+/m1/s1. The molecule has 23 heavy (non-hydrogen) atoms. The number of phenols is 1. The van der Waals surface area contributed by atoms with Crippen LogP contribution in [0.5, 0.6) is 5.75 Å². The fourth-order valence-electron chi connectivity index (χ4n) is 6.81. The first-order valence-corrected chi connectivity index (χ1v) is 9.24. The van der Waals surface area contributed by atoms with E-state index in [0.717, 1.165) is 19.3 Å². The van der Waals surface area contributed by atoms with Crippen LogP contribution in [-0.4, -0.2) is 16.3 Å². The monoisotopic (exact) mass is 310 g/mol. The molecule has 2 bridgehead atoms. The molecule has 0 saturated heterocycles. The molecule has 0 heterocycles. The number of fused-ring (bicyclic) bond motifs is 4. The maximum atomic E-state index is 11.0. The van der Waals surface area contributed by atoms with Crippen molar-refractivity contribution in [3.63, 3.8) is 0 Å². The highest BCUT2D eigenvalue weighted by atomic mass is 16.3. The molecule has 6 rings (SSSR count). The molecule has 5 aliphatic carbocycles. The second-order valence-corrected chi connectivity index (χ2v) is 8.64. The highest BCUT2D eigenvalue weighted by Gasteiger charge is 2.64. The minimum absolute atomic E-state index is 0.0558. The Labute approximate surface area is 138 Å². The lowest BCUT2D eigenvalue weighted by atomic mass is 9.39. The fourth-order valence-corrected chi connectivity index (χ4v) is 6.81. The third-order valence-electron chi connectivity index (χ3n) is 8.03. The molecule has 122 valence electrons. The van der Waals surface area contributed by atoms with Crippen LogP contribution in [0.3, 0.4) is 0 Å². The maximum absolute atomic E-state index is 11.0. The molecule has 1 aromatic carbocycles. The second kappa shape index (κ2) is 4.42. The summed E-state index contributed by atoms with van der Waals surface area (Å²) in [7, 11) is 0. The van der Waals surface area contributed by atoms with Gasteiger partial charge in [-0.25, -0.2) is 0 Å². The lowest BCUT2D eigenvalue weighted by Crippen LogP contribution is -2.62. The quantitative estimate of drug-likeness (QED) is 0.706. The number of benzene rings is 1. The summed E-state index contributed by atoms with van der Waals surface area (Å²) in [6, 6.07) is 5.99. The highest BCUT2D eigenvalue weighted by Crippen LogP contribution is 2.70. The number of aliphatic hydroxyl groups is 1. The van der Waals surface area contributed by atoms with Gasteiger partial charge in [-0.3, -0.25) is 0 Å². The van der Waals surface area contributed by atoms with E-state index in [0.29, 0.717) is 23.5 Å². The van der Waals surface area contributed by atoms with E-state index < -0.39 is 0 Å². The molecule has 2 nitrogen and oxygen atoms in total. The Hall–Kier alpha value is -1.28. The predicted octanol–water partition coefficient (Wildman–Crippen LogP) is 4.17. The predicted molar refractivity (Wildman–Crippen MR) is 90.3 cm³/mol. The number of allylic oxidation sites excluding steroid dienone is 1. The third-order valence-corrected chi connectivity index (χ3v) is 8.03. The zero-order valence-electron chi connectivity index (χ0n) is 13.8. The first-order chi connectivity index (χ1) is 11.1. The van der Waals surface area contributed by atoms with Gasteiger partial charge in [0.1, 0.15) is 5.75 Å². The van der Waals surface area contributed by atoms with Crippen molar-refractivity contribution in [1.29, 1.82) is 0 Å². The van der Waals surface area contributed by atoms with Gasteiger partial charge in [-0.05, 0) is 79.0 Å². The molecule has 0 amide bonds. The van der Waals surface area contributed by atoms with Crippen LogP contribution in [0.25, 0.3) is 0 Å². The molecule has 0 radical (unpaired) electrons. The van der Waals surface area contributed by atoms with E-state index in [1.54, 1.807) is 0 Å². The molecule has 2 fully saturated rings. The highest BCUT2D eigenvalue weighted by molar-refractivity contribution is 5.42. The van der Waals surface area contributed by atoms with Gasteiger partial charge in [-0.2, -0.15) is 0 Å². The van der Waals surface area contributed by atoms with E-state index >= 15 is 0 Å². The van der Waals surface area contributed by atoms with E-state index in [1.807, 2.05) is 12.1 Å². The number of aromatic hydroxyl groups is 1. The minimum Gasteiger partial charge on any atom is -0.508 e. The van der Waals surface area contributed by atoms with Gasteiger partial charge in [0.2, 0.25) is 0 Å². The van der Waals surface area contributed by atoms with Gasteiger partial charge >= 0.3 is 0 Å². The summed E-state index contributed by atoms with van der Waals surface area (Å²) in [5, 5.41) is 20.8. The number of aliphatic hydroxyl groups excluding tert-OH is 1. The Kier molecular flexibility index (Phi) is 2.71. The van der Waals surface area contributed by atoms with Crippen molar-refractivity contribution >= 4 is 0 Å². The average molecular weight is 310 g/mol. The van der Waals surface area contributed by atoms with Crippen molar-refractivity contribution in [3.05, 3.63) is 41.5 Å². The molecule has 2 heteroatoms. The van der Waals surface area contributed by atoms with E-state index in [4.69, 9.17) is 0 Å². The van der Waals surface area contributed by atoms with Crippen molar-refractivity contribution in [2.75, 3.05) is 0 Å². The largest absolute Gasteiger partial charge is 0.508 e. The molecule has 0 aliphatic heterocycles. The number of hydrogen-bond donors (Lipinski definition) is 2. The number of hydrogen-bond acceptors (Lipinski definition) is 2. The van der Waals surface area contributed by atoms with Crippen molar-refractivity contribution in [3.8, 4) is 5.75 Å². The SMILES string of the molecule is C[C@]12CC[C@@H]3c4ccc(O)cc4CC[C@H]3[C@@]13C=C[C@H](CC3)[C@H]2O. The third kappa shape index (κ3) is 1.58. The number of aryl methyl sites for hydroxylation is 1. The normalized spacial score (nSPS) is 46.9. The van der Waals surface area contributed by atoms with Crippen LogP contribution in [0.4, 0.5) is 0 Å². The zero-order chi connectivity index (χ0) is 15.8. The molecule has 1 aromatic rings. The summed E-state index contributed by atoms with van der Waals surface area (Å²) in [5.41, 5.74) is 3.05. The van der Waals surface area contributed by atoms with Crippen molar-refractivity contribution in [2.24, 2.45) is 22.7 Å². The second-order valence-electron chi connectivity index (χ2n) is 8.64. The van der Waals surface area contributed by atoms with Gasteiger partial charge in [0.05, 0.1) is 6.10 Å². The van der Waals surface area contributed by atoms with Crippen LogP contribution in [-0.2, 0) is 6.42 Å². The Morgan fingerprint density at radius 1 is 1.13 bits per heavy atom. The van der Waals surface area contributed by atoms with Gasteiger partial charge < -0.3 is 10.2 Å². The Morgan fingerprint density at radius 2 is 2.00 bits per heavy atom.